The fourth-order valence-corrected chi connectivity index (χ4v) is 2.24. The Morgan fingerprint density at radius 3 is 2.78 bits per heavy atom. The minimum absolute atomic E-state index is 0.00683. The van der Waals surface area contributed by atoms with Crippen molar-refractivity contribution in [3.63, 3.8) is 0 Å². The molecule has 0 spiro atoms. The summed E-state index contributed by atoms with van der Waals surface area (Å²) in [4.78, 5) is 26.8. The minimum Gasteiger partial charge on any atom is -0.481 e. The van der Waals surface area contributed by atoms with Crippen molar-refractivity contribution in [2.24, 2.45) is 0 Å². The van der Waals surface area contributed by atoms with Crippen molar-refractivity contribution < 1.29 is 19.1 Å². The van der Waals surface area contributed by atoms with Crippen LogP contribution in [0.4, 0.5) is 4.39 Å². The van der Waals surface area contributed by atoms with Gasteiger partial charge in [-0.3, -0.25) is 14.6 Å². The van der Waals surface area contributed by atoms with Crippen LogP contribution in [0.5, 0.6) is 0 Å². The Morgan fingerprint density at radius 2 is 2.09 bits per heavy atom. The number of carboxylic acids is 1. The number of rotatable bonds is 6. The van der Waals surface area contributed by atoms with E-state index in [1.165, 1.54) is 6.07 Å². The standard InChI is InChI=1S/C17H17FN2O3/c1-2-15-14(4-3-6-19-15)11-8-12(10-13(18)9-11)17(23)20-7-5-16(21)22/h3-4,6,8-10H,2,5,7H2,1H3,(H,20,23)(H,21,22). The maximum atomic E-state index is 13.9. The van der Waals surface area contributed by atoms with Gasteiger partial charge in [-0.15, -0.1) is 0 Å². The Hall–Kier alpha value is -2.76. The lowest BCUT2D eigenvalue weighted by Crippen LogP contribution is -2.26. The van der Waals surface area contributed by atoms with Crippen LogP contribution in [-0.2, 0) is 11.2 Å². The molecule has 0 aliphatic rings. The molecule has 0 unspecified atom stereocenters. The molecule has 0 bridgehead atoms. The van der Waals surface area contributed by atoms with Gasteiger partial charge in [-0.1, -0.05) is 13.0 Å². The number of pyridine rings is 1. The maximum Gasteiger partial charge on any atom is 0.305 e. The highest BCUT2D eigenvalue weighted by atomic mass is 19.1. The lowest BCUT2D eigenvalue weighted by molar-refractivity contribution is -0.136. The van der Waals surface area contributed by atoms with Crippen LogP contribution in [0, 0.1) is 5.82 Å². The van der Waals surface area contributed by atoms with Crippen molar-refractivity contribution in [3.05, 3.63) is 53.6 Å². The van der Waals surface area contributed by atoms with E-state index in [0.29, 0.717) is 12.0 Å². The van der Waals surface area contributed by atoms with E-state index in [1.54, 1.807) is 18.3 Å². The largest absolute Gasteiger partial charge is 0.481 e. The monoisotopic (exact) mass is 316 g/mol. The van der Waals surface area contributed by atoms with Gasteiger partial charge in [-0.2, -0.15) is 0 Å². The van der Waals surface area contributed by atoms with Crippen LogP contribution in [-0.4, -0.2) is 28.5 Å². The summed E-state index contributed by atoms with van der Waals surface area (Å²) in [7, 11) is 0. The molecule has 2 N–H and O–H groups in total. The van der Waals surface area contributed by atoms with E-state index in [1.807, 2.05) is 13.0 Å². The molecule has 0 fully saturated rings. The summed E-state index contributed by atoms with van der Waals surface area (Å²) in [6.45, 7) is 1.94. The van der Waals surface area contributed by atoms with E-state index in [2.05, 4.69) is 10.3 Å². The number of aromatic nitrogens is 1. The second-order valence-electron chi connectivity index (χ2n) is 4.98. The second-order valence-corrected chi connectivity index (χ2v) is 4.98. The Balaban J connectivity index is 2.28. The number of aryl methyl sites for hydroxylation is 1. The van der Waals surface area contributed by atoms with Crippen molar-refractivity contribution in [1.29, 1.82) is 0 Å². The Morgan fingerprint density at radius 1 is 1.30 bits per heavy atom. The summed E-state index contributed by atoms with van der Waals surface area (Å²) in [6.07, 6.45) is 2.17. The zero-order valence-corrected chi connectivity index (χ0v) is 12.7. The summed E-state index contributed by atoms with van der Waals surface area (Å²) in [5, 5.41) is 11.0. The molecule has 0 atom stereocenters. The van der Waals surface area contributed by atoms with Crippen molar-refractivity contribution in [2.75, 3.05) is 6.54 Å². The fourth-order valence-electron chi connectivity index (χ4n) is 2.24. The van der Waals surface area contributed by atoms with Crippen LogP contribution in [0.1, 0.15) is 29.4 Å². The lowest BCUT2D eigenvalue weighted by Gasteiger charge is -2.10. The molecule has 1 aromatic carbocycles. The normalized spacial score (nSPS) is 10.3. The Bertz CT molecular complexity index is 732. The van der Waals surface area contributed by atoms with Gasteiger partial charge in [0.15, 0.2) is 0 Å². The van der Waals surface area contributed by atoms with Gasteiger partial charge in [0.05, 0.1) is 6.42 Å². The number of nitrogens with zero attached hydrogens (tertiary/aromatic N) is 1. The molecule has 0 saturated heterocycles. The summed E-state index contributed by atoms with van der Waals surface area (Å²) in [5.41, 5.74) is 2.30. The summed E-state index contributed by atoms with van der Waals surface area (Å²) in [6, 6.07) is 7.64. The third kappa shape index (κ3) is 4.35. The highest BCUT2D eigenvalue weighted by molar-refractivity contribution is 5.95. The van der Waals surface area contributed by atoms with Gasteiger partial charge in [-0.25, -0.2) is 4.39 Å². The molecule has 1 heterocycles. The average molecular weight is 316 g/mol. The smallest absolute Gasteiger partial charge is 0.305 e. The van der Waals surface area contributed by atoms with Gasteiger partial charge in [0.1, 0.15) is 5.82 Å². The highest BCUT2D eigenvalue weighted by Gasteiger charge is 2.12. The summed E-state index contributed by atoms with van der Waals surface area (Å²) < 4.78 is 13.9. The van der Waals surface area contributed by atoms with Gasteiger partial charge >= 0.3 is 5.97 Å². The van der Waals surface area contributed by atoms with Crippen molar-refractivity contribution in [1.82, 2.24) is 10.3 Å². The van der Waals surface area contributed by atoms with Gasteiger partial charge < -0.3 is 10.4 Å². The number of aliphatic carboxylic acids is 1. The molecular weight excluding hydrogens is 299 g/mol. The number of carbonyl (C=O) groups is 2. The predicted octanol–water partition coefficient (Wildman–Crippen LogP) is 2.65. The van der Waals surface area contributed by atoms with E-state index in [4.69, 9.17) is 5.11 Å². The predicted molar refractivity (Wildman–Crippen MR) is 83.6 cm³/mol. The van der Waals surface area contributed by atoms with E-state index in [9.17, 15) is 14.0 Å². The van der Waals surface area contributed by atoms with Crippen molar-refractivity contribution in [3.8, 4) is 11.1 Å². The van der Waals surface area contributed by atoms with Crippen LogP contribution in [0.25, 0.3) is 11.1 Å². The lowest BCUT2D eigenvalue weighted by atomic mass is 10.00. The van der Waals surface area contributed by atoms with Crippen LogP contribution in [0.15, 0.2) is 36.5 Å². The quantitative estimate of drug-likeness (QED) is 0.858. The summed E-state index contributed by atoms with van der Waals surface area (Å²) in [5.74, 6) is -2.04. The highest BCUT2D eigenvalue weighted by Crippen LogP contribution is 2.25. The average Bonchev–Trinajstić information content (AvgIpc) is 2.53. The van der Waals surface area contributed by atoms with Gasteiger partial charge in [0.25, 0.3) is 5.91 Å². The van der Waals surface area contributed by atoms with Crippen LogP contribution < -0.4 is 5.32 Å². The number of amides is 1. The molecule has 1 amide bonds. The molecule has 6 heteroatoms. The zero-order valence-electron chi connectivity index (χ0n) is 12.7. The second kappa shape index (κ2) is 7.49. The number of hydrogen-bond donors (Lipinski definition) is 2. The van der Waals surface area contributed by atoms with Gasteiger partial charge in [0.2, 0.25) is 0 Å². The van der Waals surface area contributed by atoms with Crippen LogP contribution >= 0.6 is 0 Å². The molecule has 5 nitrogen and oxygen atoms in total. The van der Waals surface area contributed by atoms with E-state index < -0.39 is 17.7 Å². The zero-order chi connectivity index (χ0) is 16.8. The van der Waals surface area contributed by atoms with Crippen LogP contribution in [0.2, 0.25) is 0 Å². The first kappa shape index (κ1) is 16.6. The third-order valence-corrected chi connectivity index (χ3v) is 3.32. The third-order valence-electron chi connectivity index (χ3n) is 3.32. The SMILES string of the molecule is CCc1ncccc1-c1cc(F)cc(C(=O)NCCC(=O)O)c1. The molecule has 0 aliphatic carbocycles. The number of halogens is 1. The van der Waals surface area contributed by atoms with E-state index in [-0.39, 0.29) is 18.5 Å². The molecule has 2 rings (SSSR count). The molecule has 2 aromatic rings. The first-order valence-corrected chi connectivity index (χ1v) is 7.26. The van der Waals surface area contributed by atoms with E-state index >= 15 is 0 Å². The molecule has 23 heavy (non-hydrogen) atoms. The molecule has 0 radical (unpaired) electrons. The Kier molecular flexibility index (Phi) is 5.41. The molecule has 0 aliphatic heterocycles. The number of carbonyl (C=O) groups excluding carboxylic acids is 1. The first-order valence-electron chi connectivity index (χ1n) is 7.26. The van der Waals surface area contributed by atoms with E-state index in [0.717, 1.165) is 17.3 Å². The van der Waals surface area contributed by atoms with Crippen LogP contribution in [0.3, 0.4) is 0 Å². The van der Waals surface area contributed by atoms with Crippen molar-refractivity contribution >= 4 is 11.9 Å². The topological polar surface area (TPSA) is 79.3 Å². The molecular formula is C17H17FN2O3. The van der Waals surface area contributed by atoms with Gasteiger partial charge in [-0.05, 0) is 36.2 Å². The number of nitrogens with one attached hydrogen (secondary N) is 1. The molecule has 120 valence electrons. The minimum atomic E-state index is -1.01. The first-order chi connectivity index (χ1) is 11.0. The fraction of sp³-hybridized carbons (Fsp3) is 0.235. The molecule has 0 saturated carbocycles. The van der Waals surface area contributed by atoms with Crippen molar-refractivity contribution in [2.45, 2.75) is 19.8 Å². The number of carboxylic acid groups (broad SMARTS) is 1. The number of benzene rings is 1. The maximum absolute atomic E-state index is 13.9. The van der Waals surface area contributed by atoms with Gasteiger partial charge in [0, 0.05) is 29.6 Å². The number of hydrogen-bond acceptors (Lipinski definition) is 3. The molecule has 1 aromatic heterocycles. The Labute approximate surface area is 133 Å². The summed E-state index contributed by atoms with van der Waals surface area (Å²) >= 11 is 0.